The SMILES string of the molecule is O=c1c(-c2cc(Cl)c(O)c(Cl)c2)coc2cc(O)ccc12. The largest absolute Gasteiger partial charge is 0.508 e. The van der Waals surface area contributed by atoms with E-state index in [1.165, 1.54) is 36.6 Å². The van der Waals surface area contributed by atoms with Crippen LogP contribution in [-0.4, -0.2) is 10.2 Å². The smallest absolute Gasteiger partial charge is 0.200 e. The van der Waals surface area contributed by atoms with E-state index >= 15 is 0 Å². The van der Waals surface area contributed by atoms with Gasteiger partial charge < -0.3 is 14.6 Å². The zero-order chi connectivity index (χ0) is 15.1. The van der Waals surface area contributed by atoms with Gasteiger partial charge in [-0.15, -0.1) is 0 Å². The summed E-state index contributed by atoms with van der Waals surface area (Å²) in [6.45, 7) is 0. The molecule has 6 heteroatoms. The zero-order valence-electron chi connectivity index (χ0n) is 10.4. The van der Waals surface area contributed by atoms with Gasteiger partial charge in [0.1, 0.15) is 17.6 Å². The molecule has 1 heterocycles. The predicted octanol–water partition coefficient (Wildman–Crippen LogP) is 4.18. The number of fused-ring (bicyclic) bond motifs is 1. The number of halogens is 2. The number of hydrogen-bond donors (Lipinski definition) is 2. The van der Waals surface area contributed by atoms with Gasteiger partial charge in [-0.05, 0) is 29.8 Å². The van der Waals surface area contributed by atoms with Gasteiger partial charge in [-0.3, -0.25) is 4.79 Å². The molecule has 2 aromatic carbocycles. The molecule has 0 amide bonds. The lowest BCUT2D eigenvalue weighted by Crippen LogP contribution is -2.04. The summed E-state index contributed by atoms with van der Waals surface area (Å²) >= 11 is 11.7. The summed E-state index contributed by atoms with van der Waals surface area (Å²) in [5, 5.41) is 19.4. The molecule has 0 aliphatic rings. The van der Waals surface area contributed by atoms with E-state index in [9.17, 15) is 15.0 Å². The van der Waals surface area contributed by atoms with E-state index in [2.05, 4.69) is 0 Å². The molecule has 3 rings (SSSR count). The van der Waals surface area contributed by atoms with Crippen LogP contribution < -0.4 is 5.43 Å². The highest BCUT2D eigenvalue weighted by molar-refractivity contribution is 6.37. The molecule has 1 aromatic heterocycles. The van der Waals surface area contributed by atoms with E-state index in [1.807, 2.05) is 0 Å². The van der Waals surface area contributed by atoms with Crippen molar-refractivity contribution in [2.24, 2.45) is 0 Å². The van der Waals surface area contributed by atoms with Gasteiger partial charge in [-0.1, -0.05) is 23.2 Å². The van der Waals surface area contributed by atoms with Crippen LogP contribution in [0.25, 0.3) is 22.1 Å². The van der Waals surface area contributed by atoms with Crippen molar-refractivity contribution in [3.8, 4) is 22.6 Å². The van der Waals surface area contributed by atoms with E-state index in [1.54, 1.807) is 0 Å². The second kappa shape index (κ2) is 4.98. The average Bonchev–Trinajstić information content (AvgIpc) is 2.44. The average molecular weight is 323 g/mol. The van der Waals surface area contributed by atoms with Gasteiger partial charge in [0.15, 0.2) is 11.2 Å². The summed E-state index contributed by atoms with van der Waals surface area (Å²) in [6.07, 6.45) is 1.27. The quantitative estimate of drug-likeness (QED) is 0.705. The highest BCUT2D eigenvalue weighted by Crippen LogP contribution is 2.36. The third-order valence-electron chi connectivity index (χ3n) is 3.09. The molecule has 0 atom stereocenters. The molecule has 3 aromatic rings. The van der Waals surface area contributed by atoms with E-state index < -0.39 is 0 Å². The van der Waals surface area contributed by atoms with E-state index in [-0.39, 0.29) is 38.1 Å². The summed E-state index contributed by atoms with van der Waals surface area (Å²) < 4.78 is 5.36. The van der Waals surface area contributed by atoms with E-state index in [0.717, 1.165) is 0 Å². The Morgan fingerprint density at radius 2 is 1.67 bits per heavy atom. The first-order chi connectivity index (χ1) is 9.97. The molecule has 2 N–H and O–H groups in total. The molecule has 4 nitrogen and oxygen atoms in total. The second-order valence-corrected chi connectivity index (χ2v) is 5.26. The lowest BCUT2D eigenvalue weighted by Gasteiger charge is -2.06. The van der Waals surface area contributed by atoms with Gasteiger partial charge in [0, 0.05) is 6.07 Å². The lowest BCUT2D eigenvalue weighted by atomic mass is 10.1. The zero-order valence-corrected chi connectivity index (χ0v) is 11.9. The minimum absolute atomic E-state index is 0.00845. The summed E-state index contributed by atoms with van der Waals surface area (Å²) in [4.78, 5) is 12.5. The number of benzene rings is 2. The lowest BCUT2D eigenvalue weighted by molar-refractivity contribution is 0.473. The first kappa shape index (κ1) is 13.8. The van der Waals surface area contributed by atoms with Crippen molar-refractivity contribution in [3.63, 3.8) is 0 Å². The molecule has 0 radical (unpaired) electrons. The highest BCUT2D eigenvalue weighted by atomic mass is 35.5. The molecule has 0 spiro atoms. The van der Waals surface area contributed by atoms with Crippen LogP contribution in [0.15, 0.2) is 45.8 Å². The van der Waals surface area contributed by atoms with Gasteiger partial charge in [0.2, 0.25) is 0 Å². The number of hydrogen-bond acceptors (Lipinski definition) is 4. The summed E-state index contributed by atoms with van der Waals surface area (Å²) in [7, 11) is 0. The summed E-state index contributed by atoms with van der Waals surface area (Å²) in [5.74, 6) is -0.230. The van der Waals surface area contributed by atoms with Crippen molar-refractivity contribution >= 4 is 34.2 Å². The van der Waals surface area contributed by atoms with Crippen LogP contribution in [0.3, 0.4) is 0 Å². The molecule has 21 heavy (non-hydrogen) atoms. The Labute approximate surface area is 128 Å². The van der Waals surface area contributed by atoms with Crippen LogP contribution in [0.5, 0.6) is 11.5 Å². The first-order valence-corrected chi connectivity index (χ1v) is 6.66. The van der Waals surface area contributed by atoms with Crippen molar-refractivity contribution in [3.05, 3.63) is 56.9 Å². The minimum Gasteiger partial charge on any atom is -0.508 e. The van der Waals surface area contributed by atoms with Crippen LogP contribution in [0.2, 0.25) is 10.0 Å². The third kappa shape index (κ3) is 2.33. The van der Waals surface area contributed by atoms with Crippen molar-refractivity contribution in [2.45, 2.75) is 0 Å². The molecule has 106 valence electrons. The monoisotopic (exact) mass is 322 g/mol. The van der Waals surface area contributed by atoms with E-state index in [0.29, 0.717) is 10.9 Å². The fourth-order valence-corrected chi connectivity index (χ4v) is 2.52. The second-order valence-electron chi connectivity index (χ2n) is 4.45. The van der Waals surface area contributed by atoms with Crippen LogP contribution >= 0.6 is 23.2 Å². The summed E-state index contributed by atoms with van der Waals surface area (Å²) in [5.41, 5.74) is 0.692. The van der Waals surface area contributed by atoms with Crippen molar-refractivity contribution < 1.29 is 14.6 Å². The van der Waals surface area contributed by atoms with Gasteiger partial charge in [-0.2, -0.15) is 0 Å². The number of phenols is 2. The van der Waals surface area contributed by atoms with Gasteiger partial charge in [0.05, 0.1) is 21.0 Å². The maximum atomic E-state index is 12.5. The van der Waals surface area contributed by atoms with E-state index in [4.69, 9.17) is 27.6 Å². The third-order valence-corrected chi connectivity index (χ3v) is 3.66. The minimum atomic E-state index is -0.283. The Balaban J connectivity index is 2.29. The molecular weight excluding hydrogens is 315 g/mol. The Bertz CT molecular complexity index is 892. The van der Waals surface area contributed by atoms with Gasteiger partial charge in [-0.25, -0.2) is 0 Å². The molecule has 0 fully saturated rings. The Hall–Kier alpha value is -2.17. The maximum absolute atomic E-state index is 12.5. The molecule has 0 unspecified atom stereocenters. The predicted molar refractivity (Wildman–Crippen MR) is 81.3 cm³/mol. The van der Waals surface area contributed by atoms with Crippen LogP contribution in [0.4, 0.5) is 0 Å². The van der Waals surface area contributed by atoms with Crippen LogP contribution in [-0.2, 0) is 0 Å². The van der Waals surface area contributed by atoms with Crippen molar-refractivity contribution in [1.82, 2.24) is 0 Å². The fraction of sp³-hybridized carbons (Fsp3) is 0. The van der Waals surface area contributed by atoms with Crippen molar-refractivity contribution in [1.29, 1.82) is 0 Å². The standard InChI is InChI=1S/C15H8Cl2O4/c16-11-3-7(4-12(17)15(11)20)10-6-21-13-5-8(18)1-2-9(13)14(10)19/h1-6,18,20H. The Morgan fingerprint density at radius 3 is 2.33 bits per heavy atom. The van der Waals surface area contributed by atoms with Gasteiger partial charge in [0.25, 0.3) is 0 Å². The molecule has 0 bridgehead atoms. The molecule has 0 aliphatic carbocycles. The van der Waals surface area contributed by atoms with Crippen molar-refractivity contribution in [2.75, 3.05) is 0 Å². The Morgan fingerprint density at radius 1 is 1.00 bits per heavy atom. The fourth-order valence-electron chi connectivity index (χ4n) is 2.04. The summed E-state index contributed by atoms with van der Waals surface area (Å²) in [6, 6.07) is 7.10. The Kier molecular flexibility index (Phi) is 3.27. The number of aromatic hydroxyl groups is 2. The molecular formula is C15H8Cl2O4. The number of rotatable bonds is 1. The van der Waals surface area contributed by atoms with Crippen LogP contribution in [0.1, 0.15) is 0 Å². The van der Waals surface area contributed by atoms with Gasteiger partial charge >= 0.3 is 0 Å². The molecule has 0 saturated heterocycles. The van der Waals surface area contributed by atoms with Crippen LogP contribution in [0, 0.1) is 0 Å². The normalized spacial score (nSPS) is 11.0. The maximum Gasteiger partial charge on any atom is 0.200 e. The topological polar surface area (TPSA) is 70.7 Å². The number of phenolic OH excluding ortho intramolecular Hbond substituents is 2. The molecule has 0 aliphatic heterocycles. The molecule has 0 saturated carbocycles. The first-order valence-electron chi connectivity index (χ1n) is 5.90. The highest BCUT2D eigenvalue weighted by Gasteiger charge is 2.13.